The van der Waals surface area contributed by atoms with Gasteiger partial charge in [-0.3, -0.25) is 12.2 Å². The smallest absolute Gasteiger partial charge is 1.00 e. The van der Waals surface area contributed by atoms with E-state index in [4.69, 9.17) is 0 Å². The molecule has 19 heavy (non-hydrogen) atoms. The van der Waals surface area contributed by atoms with Gasteiger partial charge in [0.15, 0.2) is 0 Å². The molecule has 0 aromatic heterocycles. The molecule has 2 aliphatic rings. The standard InChI is InChI=1S/C16H20.2ClH.Hf/c1-11-5-7-15(13(11)3)9-10-16-8-6-12(2)14(16)4;;;/h7-10H2,1-4H3;2*1H;/q-2;;;+4/p-2. The Morgan fingerprint density at radius 3 is 1.26 bits per heavy atom. The van der Waals surface area contributed by atoms with Gasteiger partial charge in [-0.1, -0.05) is 13.8 Å². The SMILES string of the molecule is CC1=[C-]CC(CCC2=C(C)C(C)=[C-]C2)=C1C.[Cl-].[Cl-].[Hf+4]. The summed E-state index contributed by atoms with van der Waals surface area (Å²) in [5.41, 5.74) is 8.83. The number of halogens is 2. The van der Waals surface area contributed by atoms with Crippen molar-refractivity contribution < 1.29 is 50.7 Å². The van der Waals surface area contributed by atoms with Gasteiger partial charge in [0.2, 0.25) is 0 Å². The monoisotopic (exact) mass is 462 g/mol. The first-order chi connectivity index (χ1) is 7.59. The zero-order valence-electron chi connectivity index (χ0n) is 12.1. The fraction of sp³-hybridized carbons (Fsp3) is 0.500. The van der Waals surface area contributed by atoms with Gasteiger partial charge in [-0.05, 0) is 12.8 Å². The largest absolute Gasteiger partial charge is 4.00 e. The molecule has 0 heterocycles. The minimum absolute atomic E-state index is 0. The van der Waals surface area contributed by atoms with Gasteiger partial charge in [-0.25, -0.2) is 11.1 Å². The van der Waals surface area contributed by atoms with Crippen LogP contribution in [0.25, 0.3) is 0 Å². The maximum absolute atomic E-state index is 3.42. The Hall–Kier alpha value is 0.410. The summed E-state index contributed by atoms with van der Waals surface area (Å²) in [6.45, 7) is 8.80. The van der Waals surface area contributed by atoms with Crippen molar-refractivity contribution in [2.24, 2.45) is 0 Å². The first-order valence-electron chi connectivity index (χ1n) is 6.12. The van der Waals surface area contributed by atoms with Crippen molar-refractivity contribution in [1.82, 2.24) is 0 Å². The molecule has 0 saturated heterocycles. The molecule has 2 aliphatic carbocycles. The van der Waals surface area contributed by atoms with Crippen LogP contribution in [-0.4, -0.2) is 0 Å². The van der Waals surface area contributed by atoms with Gasteiger partial charge in [-0.2, -0.15) is 22.3 Å². The third-order valence-electron chi connectivity index (χ3n) is 4.05. The Labute approximate surface area is 149 Å². The molecule has 0 aromatic carbocycles. The zero-order valence-corrected chi connectivity index (χ0v) is 17.2. The second-order valence-corrected chi connectivity index (χ2v) is 4.91. The topological polar surface area (TPSA) is 0 Å². The fourth-order valence-electron chi connectivity index (χ4n) is 2.39. The average Bonchev–Trinajstić information content (AvgIpc) is 2.74. The van der Waals surface area contributed by atoms with E-state index in [-0.39, 0.29) is 50.7 Å². The third kappa shape index (κ3) is 5.03. The van der Waals surface area contributed by atoms with E-state index in [1.165, 1.54) is 35.1 Å². The molecule has 102 valence electrons. The third-order valence-corrected chi connectivity index (χ3v) is 4.05. The van der Waals surface area contributed by atoms with Crippen LogP contribution < -0.4 is 24.8 Å². The van der Waals surface area contributed by atoms with Gasteiger partial charge in [0.05, 0.1) is 0 Å². The van der Waals surface area contributed by atoms with Crippen LogP contribution in [0.4, 0.5) is 0 Å². The molecule has 0 aromatic rings. The Morgan fingerprint density at radius 2 is 1.05 bits per heavy atom. The predicted octanol–water partition coefficient (Wildman–Crippen LogP) is -1.29. The Kier molecular flexibility index (Phi) is 10.7. The van der Waals surface area contributed by atoms with Crippen LogP contribution in [0, 0.1) is 12.2 Å². The van der Waals surface area contributed by atoms with Gasteiger partial charge in [0.1, 0.15) is 0 Å². The fourth-order valence-corrected chi connectivity index (χ4v) is 2.39. The summed E-state index contributed by atoms with van der Waals surface area (Å²) in [5.74, 6) is 0. The normalized spacial score (nSPS) is 17.5. The Balaban J connectivity index is 0. The van der Waals surface area contributed by atoms with E-state index in [2.05, 4.69) is 39.8 Å². The molecule has 2 rings (SSSR count). The number of allylic oxidation sites excluding steroid dienone is 8. The van der Waals surface area contributed by atoms with E-state index in [1.54, 1.807) is 11.1 Å². The van der Waals surface area contributed by atoms with Gasteiger partial charge >= 0.3 is 25.8 Å². The van der Waals surface area contributed by atoms with Crippen molar-refractivity contribution in [1.29, 1.82) is 0 Å². The maximum atomic E-state index is 3.42. The molecular weight excluding hydrogens is 442 g/mol. The Bertz CT molecular complexity index is 398. The van der Waals surface area contributed by atoms with Crippen molar-refractivity contribution in [3.63, 3.8) is 0 Å². The quantitative estimate of drug-likeness (QED) is 0.363. The van der Waals surface area contributed by atoms with Crippen LogP contribution in [0.15, 0.2) is 33.4 Å². The molecule has 3 heteroatoms. The summed E-state index contributed by atoms with van der Waals surface area (Å²) in [5, 5.41) is 0. The summed E-state index contributed by atoms with van der Waals surface area (Å²) in [6, 6.07) is 0. The predicted molar refractivity (Wildman–Crippen MR) is 68.7 cm³/mol. The van der Waals surface area contributed by atoms with Gasteiger partial charge in [0.25, 0.3) is 0 Å². The molecule has 0 nitrogen and oxygen atoms in total. The van der Waals surface area contributed by atoms with Gasteiger partial charge in [-0.15, -0.1) is 26.7 Å². The molecule has 0 fully saturated rings. The molecule has 0 unspecified atom stereocenters. The first-order valence-corrected chi connectivity index (χ1v) is 6.12. The van der Waals surface area contributed by atoms with Crippen LogP contribution in [-0.2, 0) is 25.8 Å². The molecule has 0 atom stereocenters. The first kappa shape index (κ1) is 21.7. The van der Waals surface area contributed by atoms with E-state index in [1.807, 2.05) is 0 Å². The van der Waals surface area contributed by atoms with Gasteiger partial charge in [0, 0.05) is 0 Å². The van der Waals surface area contributed by atoms with E-state index < -0.39 is 0 Å². The van der Waals surface area contributed by atoms with Crippen LogP contribution in [0.3, 0.4) is 0 Å². The Morgan fingerprint density at radius 1 is 0.737 bits per heavy atom. The van der Waals surface area contributed by atoms with Crippen LogP contribution in [0.2, 0.25) is 0 Å². The van der Waals surface area contributed by atoms with Gasteiger partial charge < -0.3 is 24.8 Å². The summed E-state index contributed by atoms with van der Waals surface area (Å²) in [7, 11) is 0. The van der Waals surface area contributed by atoms with Crippen molar-refractivity contribution >= 4 is 0 Å². The minimum atomic E-state index is 0. The number of hydrogen-bond acceptors (Lipinski definition) is 0. The molecule has 0 bridgehead atoms. The summed E-state index contributed by atoms with van der Waals surface area (Å²) < 4.78 is 0. The van der Waals surface area contributed by atoms with Crippen molar-refractivity contribution in [3.05, 3.63) is 45.6 Å². The van der Waals surface area contributed by atoms with Crippen LogP contribution in [0.5, 0.6) is 0 Å². The van der Waals surface area contributed by atoms with E-state index in [9.17, 15) is 0 Å². The second kappa shape index (κ2) is 9.37. The zero-order chi connectivity index (χ0) is 11.7. The van der Waals surface area contributed by atoms with E-state index in [0.717, 1.165) is 12.8 Å². The molecule has 0 radical (unpaired) electrons. The van der Waals surface area contributed by atoms with Crippen LogP contribution in [0.1, 0.15) is 53.4 Å². The molecule has 0 amide bonds. The van der Waals surface area contributed by atoms with E-state index in [0.29, 0.717) is 0 Å². The second-order valence-electron chi connectivity index (χ2n) is 4.91. The summed E-state index contributed by atoms with van der Waals surface area (Å²) in [6.07, 6.45) is 11.4. The molecule has 0 aliphatic heterocycles. The molecule has 0 saturated carbocycles. The van der Waals surface area contributed by atoms with Crippen LogP contribution >= 0.6 is 0 Å². The summed E-state index contributed by atoms with van der Waals surface area (Å²) in [4.78, 5) is 0. The minimum Gasteiger partial charge on any atom is -1.00 e. The summed E-state index contributed by atoms with van der Waals surface area (Å²) >= 11 is 0. The maximum Gasteiger partial charge on any atom is 4.00 e. The van der Waals surface area contributed by atoms with Crippen molar-refractivity contribution in [2.45, 2.75) is 53.4 Å². The number of hydrogen-bond donors (Lipinski definition) is 0. The van der Waals surface area contributed by atoms with E-state index >= 15 is 0 Å². The van der Waals surface area contributed by atoms with Crippen molar-refractivity contribution in [2.75, 3.05) is 0 Å². The molecular formula is C16H20Cl2Hf. The van der Waals surface area contributed by atoms with Crippen molar-refractivity contribution in [3.8, 4) is 0 Å². The molecule has 0 N–H and O–H groups in total. The average molecular weight is 462 g/mol. The number of rotatable bonds is 3. The molecule has 0 spiro atoms.